The maximum Gasteiger partial charge on any atom is 0.120 e. The SMILES string of the molecule is ClCOCCCCCCCCCCOCCl. The Morgan fingerprint density at radius 3 is 1.12 bits per heavy atom. The van der Waals surface area contributed by atoms with Crippen LogP contribution in [-0.2, 0) is 9.47 Å². The normalized spacial score (nSPS) is 10.9. The second kappa shape index (κ2) is 15.5. The highest BCUT2D eigenvalue weighted by Crippen LogP contribution is 2.08. The number of hydrogen-bond acceptors (Lipinski definition) is 2. The standard InChI is InChI=1S/C12H24Cl2O2/c13-11-15-9-7-5-3-1-2-4-6-8-10-16-12-14/h1-12H2. The van der Waals surface area contributed by atoms with E-state index in [0.29, 0.717) is 12.1 Å². The Balaban J connectivity index is 2.83. The average molecular weight is 271 g/mol. The van der Waals surface area contributed by atoms with E-state index >= 15 is 0 Å². The molecule has 0 radical (unpaired) electrons. The Kier molecular flexibility index (Phi) is 16.0. The highest BCUT2D eigenvalue weighted by atomic mass is 35.5. The summed E-state index contributed by atoms with van der Waals surface area (Å²) >= 11 is 10.8. The zero-order valence-corrected chi connectivity index (χ0v) is 11.6. The first-order chi connectivity index (χ1) is 7.91. The van der Waals surface area contributed by atoms with Crippen LogP contribution in [0, 0.1) is 0 Å². The van der Waals surface area contributed by atoms with Crippen molar-refractivity contribution < 1.29 is 9.47 Å². The van der Waals surface area contributed by atoms with Crippen molar-refractivity contribution in [2.45, 2.75) is 51.4 Å². The summed E-state index contributed by atoms with van der Waals surface area (Å²) in [5.41, 5.74) is 0. The summed E-state index contributed by atoms with van der Waals surface area (Å²) in [5.74, 6) is 0. The molecule has 0 rings (SSSR count). The molecule has 0 saturated carbocycles. The lowest BCUT2D eigenvalue weighted by Crippen LogP contribution is -1.92. The molecule has 0 spiro atoms. The van der Waals surface area contributed by atoms with Crippen LogP contribution in [0.25, 0.3) is 0 Å². The van der Waals surface area contributed by atoms with Gasteiger partial charge in [-0.05, 0) is 12.8 Å². The number of hydrogen-bond donors (Lipinski definition) is 0. The monoisotopic (exact) mass is 270 g/mol. The molecule has 0 aromatic heterocycles. The predicted octanol–water partition coefficient (Wildman–Crippen LogP) is 4.53. The van der Waals surface area contributed by atoms with Gasteiger partial charge in [-0.2, -0.15) is 0 Å². The fourth-order valence-electron chi connectivity index (χ4n) is 1.58. The third kappa shape index (κ3) is 14.5. The van der Waals surface area contributed by atoms with Gasteiger partial charge in [0.1, 0.15) is 12.1 Å². The van der Waals surface area contributed by atoms with Gasteiger partial charge in [-0.3, -0.25) is 0 Å². The van der Waals surface area contributed by atoms with Crippen molar-refractivity contribution in [1.29, 1.82) is 0 Å². The van der Waals surface area contributed by atoms with Crippen LogP contribution in [0.15, 0.2) is 0 Å². The Bertz CT molecular complexity index is 110. The number of ether oxygens (including phenoxy) is 2. The summed E-state index contributed by atoms with van der Waals surface area (Å²) in [6.07, 6.45) is 10.1. The molecular formula is C12H24Cl2O2. The maximum absolute atomic E-state index is 5.39. The number of unbranched alkanes of at least 4 members (excludes halogenated alkanes) is 7. The fraction of sp³-hybridized carbons (Fsp3) is 1.00. The molecule has 0 aromatic rings. The zero-order chi connectivity index (χ0) is 11.9. The highest BCUT2D eigenvalue weighted by Gasteiger charge is 1.93. The lowest BCUT2D eigenvalue weighted by Gasteiger charge is -2.02. The van der Waals surface area contributed by atoms with Crippen LogP contribution in [0.5, 0.6) is 0 Å². The molecule has 0 aliphatic heterocycles. The molecule has 0 atom stereocenters. The molecule has 0 bridgehead atoms. The van der Waals surface area contributed by atoms with E-state index in [1.54, 1.807) is 0 Å². The molecule has 98 valence electrons. The Labute approximate surface area is 110 Å². The smallest absolute Gasteiger partial charge is 0.120 e. The largest absolute Gasteiger partial charge is 0.366 e. The van der Waals surface area contributed by atoms with E-state index in [2.05, 4.69) is 0 Å². The average Bonchev–Trinajstić information content (AvgIpc) is 2.31. The van der Waals surface area contributed by atoms with E-state index in [1.165, 1.54) is 38.5 Å². The molecule has 0 aliphatic rings. The lowest BCUT2D eigenvalue weighted by molar-refractivity contribution is 0.172. The van der Waals surface area contributed by atoms with Gasteiger partial charge in [0.25, 0.3) is 0 Å². The van der Waals surface area contributed by atoms with Gasteiger partial charge in [-0.1, -0.05) is 61.7 Å². The van der Waals surface area contributed by atoms with Crippen LogP contribution in [0.1, 0.15) is 51.4 Å². The summed E-state index contributed by atoms with van der Waals surface area (Å²) in [6.45, 7) is 1.61. The van der Waals surface area contributed by atoms with Crippen molar-refractivity contribution >= 4 is 23.2 Å². The predicted molar refractivity (Wildman–Crippen MR) is 70.3 cm³/mol. The van der Waals surface area contributed by atoms with Crippen LogP contribution >= 0.6 is 23.2 Å². The Morgan fingerprint density at radius 1 is 0.500 bits per heavy atom. The molecular weight excluding hydrogens is 247 g/mol. The first kappa shape index (κ1) is 16.5. The first-order valence-corrected chi connectivity index (χ1v) is 7.26. The third-order valence-electron chi connectivity index (χ3n) is 2.48. The lowest BCUT2D eigenvalue weighted by atomic mass is 10.1. The van der Waals surface area contributed by atoms with Gasteiger partial charge in [0.2, 0.25) is 0 Å². The summed E-state index contributed by atoms with van der Waals surface area (Å²) < 4.78 is 10.1. The van der Waals surface area contributed by atoms with Crippen molar-refractivity contribution in [3.63, 3.8) is 0 Å². The molecule has 0 unspecified atom stereocenters. The van der Waals surface area contributed by atoms with Crippen molar-refractivity contribution in [1.82, 2.24) is 0 Å². The molecule has 0 aromatic carbocycles. The Morgan fingerprint density at radius 2 is 0.812 bits per heavy atom. The molecule has 16 heavy (non-hydrogen) atoms. The van der Waals surface area contributed by atoms with E-state index in [1.807, 2.05) is 0 Å². The molecule has 4 heteroatoms. The maximum atomic E-state index is 5.39. The van der Waals surface area contributed by atoms with E-state index in [0.717, 1.165) is 26.1 Å². The van der Waals surface area contributed by atoms with E-state index in [4.69, 9.17) is 32.7 Å². The van der Waals surface area contributed by atoms with E-state index < -0.39 is 0 Å². The van der Waals surface area contributed by atoms with Crippen molar-refractivity contribution in [3.8, 4) is 0 Å². The molecule has 0 aliphatic carbocycles. The van der Waals surface area contributed by atoms with Crippen LogP contribution in [0.2, 0.25) is 0 Å². The third-order valence-corrected chi connectivity index (χ3v) is 2.79. The summed E-state index contributed by atoms with van der Waals surface area (Å²) in [6, 6.07) is 0.648. The second-order valence-corrected chi connectivity index (χ2v) is 4.30. The first-order valence-electron chi connectivity index (χ1n) is 6.19. The molecule has 0 amide bonds. The van der Waals surface area contributed by atoms with Gasteiger partial charge in [-0.25, -0.2) is 0 Å². The molecule has 0 N–H and O–H groups in total. The molecule has 0 saturated heterocycles. The number of halogens is 2. The molecule has 0 fully saturated rings. The van der Waals surface area contributed by atoms with Crippen LogP contribution in [0.3, 0.4) is 0 Å². The number of rotatable bonds is 13. The van der Waals surface area contributed by atoms with Crippen molar-refractivity contribution in [2.24, 2.45) is 0 Å². The zero-order valence-electron chi connectivity index (χ0n) is 10.1. The summed E-state index contributed by atoms with van der Waals surface area (Å²) in [5, 5.41) is 0. The minimum atomic E-state index is 0.324. The summed E-state index contributed by atoms with van der Waals surface area (Å²) in [7, 11) is 0. The molecule has 0 heterocycles. The topological polar surface area (TPSA) is 18.5 Å². The summed E-state index contributed by atoms with van der Waals surface area (Å²) in [4.78, 5) is 0. The van der Waals surface area contributed by atoms with Crippen LogP contribution < -0.4 is 0 Å². The minimum absolute atomic E-state index is 0.324. The van der Waals surface area contributed by atoms with Crippen molar-refractivity contribution in [3.05, 3.63) is 0 Å². The van der Waals surface area contributed by atoms with Gasteiger partial charge < -0.3 is 9.47 Å². The van der Waals surface area contributed by atoms with Gasteiger partial charge >= 0.3 is 0 Å². The minimum Gasteiger partial charge on any atom is -0.366 e. The molecule has 2 nitrogen and oxygen atoms in total. The number of alkyl halides is 2. The van der Waals surface area contributed by atoms with E-state index in [-0.39, 0.29) is 0 Å². The second-order valence-electron chi connectivity index (χ2n) is 3.86. The van der Waals surface area contributed by atoms with Crippen molar-refractivity contribution in [2.75, 3.05) is 25.3 Å². The quantitative estimate of drug-likeness (QED) is 0.362. The Hall–Kier alpha value is 0.500. The van der Waals surface area contributed by atoms with Gasteiger partial charge in [0, 0.05) is 13.2 Å². The highest BCUT2D eigenvalue weighted by molar-refractivity contribution is 6.17. The van der Waals surface area contributed by atoms with Crippen LogP contribution in [0.4, 0.5) is 0 Å². The van der Waals surface area contributed by atoms with Gasteiger partial charge in [0.15, 0.2) is 0 Å². The van der Waals surface area contributed by atoms with Gasteiger partial charge in [0.05, 0.1) is 0 Å². The van der Waals surface area contributed by atoms with Crippen LogP contribution in [-0.4, -0.2) is 25.3 Å². The van der Waals surface area contributed by atoms with Gasteiger partial charge in [-0.15, -0.1) is 0 Å². The fourth-order valence-corrected chi connectivity index (χ4v) is 1.80. The van der Waals surface area contributed by atoms with E-state index in [9.17, 15) is 0 Å².